The molecule has 0 unspecified atom stereocenters. The second-order valence-electron chi connectivity index (χ2n) is 4.09. The van der Waals surface area contributed by atoms with Crippen molar-refractivity contribution in [1.29, 1.82) is 0 Å². The zero-order valence-corrected chi connectivity index (χ0v) is 9.91. The lowest BCUT2D eigenvalue weighted by Gasteiger charge is -2.20. The highest BCUT2D eigenvalue weighted by molar-refractivity contribution is 5.26. The van der Waals surface area contributed by atoms with Crippen molar-refractivity contribution in [1.82, 2.24) is 9.55 Å². The van der Waals surface area contributed by atoms with Gasteiger partial charge in [0.1, 0.15) is 12.2 Å². The topological polar surface area (TPSA) is 99.6 Å². The molecule has 1 aromatic rings. The maximum absolute atomic E-state index is 13.3. The van der Waals surface area contributed by atoms with Crippen LogP contribution in [0.5, 0.6) is 0 Å². The predicted molar refractivity (Wildman–Crippen MR) is 59.3 cm³/mol. The van der Waals surface area contributed by atoms with E-state index in [2.05, 4.69) is 4.98 Å². The molecule has 0 spiro atoms. The fraction of sp³-hybridized carbons (Fsp3) is 0.600. The minimum absolute atomic E-state index is 0.475. The van der Waals surface area contributed by atoms with Gasteiger partial charge in [0.25, 0.3) is 0 Å². The number of hydrogen-bond donors (Lipinski definition) is 2. The molecule has 100 valence electrons. The second kappa shape index (κ2) is 4.63. The first-order valence-electron chi connectivity index (χ1n) is 5.36. The van der Waals surface area contributed by atoms with E-state index in [0.717, 1.165) is 10.8 Å². The molecule has 2 rings (SSSR count). The standard InChI is InChI=1S/C10H14FN3O4/c1-4-6(15)7(17-2)9(18-4)14-3-5(11)8(12)13-10(14)16/h3-4,6-7,9,15H,1-2H3,(H2,12,13,16)/t4-,6-,7-,9-/m1/s1. The van der Waals surface area contributed by atoms with Gasteiger partial charge in [-0.2, -0.15) is 4.98 Å². The van der Waals surface area contributed by atoms with Crippen LogP contribution in [0.25, 0.3) is 0 Å². The highest BCUT2D eigenvalue weighted by atomic mass is 19.1. The van der Waals surface area contributed by atoms with Gasteiger partial charge in [-0.15, -0.1) is 0 Å². The maximum Gasteiger partial charge on any atom is 0.351 e. The van der Waals surface area contributed by atoms with Crippen LogP contribution < -0.4 is 11.4 Å². The number of aromatic nitrogens is 2. The molecule has 18 heavy (non-hydrogen) atoms. The molecule has 1 aliphatic rings. The number of aliphatic hydroxyl groups excluding tert-OH is 1. The van der Waals surface area contributed by atoms with Gasteiger partial charge in [0.05, 0.1) is 12.3 Å². The van der Waals surface area contributed by atoms with Crippen LogP contribution in [-0.2, 0) is 9.47 Å². The summed E-state index contributed by atoms with van der Waals surface area (Å²) in [6.45, 7) is 1.63. The third-order valence-electron chi connectivity index (χ3n) is 2.93. The van der Waals surface area contributed by atoms with Crippen molar-refractivity contribution in [3.8, 4) is 0 Å². The van der Waals surface area contributed by atoms with Crippen LogP contribution >= 0.6 is 0 Å². The van der Waals surface area contributed by atoms with Gasteiger partial charge in [0.2, 0.25) is 0 Å². The number of anilines is 1. The normalized spacial score (nSPS) is 31.8. The van der Waals surface area contributed by atoms with Gasteiger partial charge in [0.15, 0.2) is 17.9 Å². The van der Waals surface area contributed by atoms with E-state index in [0.29, 0.717) is 0 Å². The van der Waals surface area contributed by atoms with E-state index in [1.165, 1.54) is 7.11 Å². The minimum Gasteiger partial charge on any atom is -0.388 e. The van der Waals surface area contributed by atoms with E-state index in [4.69, 9.17) is 15.2 Å². The first kappa shape index (κ1) is 12.9. The third kappa shape index (κ3) is 1.98. The lowest BCUT2D eigenvalue weighted by Crippen LogP contribution is -2.37. The Labute approximate surface area is 102 Å². The molecule has 0 aliphatic carbocycles. The number of halogens is 1. The summed E-state index contributed by atoms with van der Waals surface area (Å²) in [7, 11) is 1.37. The lowest BCUT2D eigenvalue weighted by atomic mass is 10.1. The largest absolute Gasteiger partial charge is 0.388 e. The van der Waals surface area contributed by atoms with Gasteiger partial charge >= 0.3 is 5.69 Å². The zero-order valence-electron chi connectivity index (χ0n) is 9.91. The molecular weight excluding hydrogens is 245 g/mol. The smallest absolute Gasteiger partial charge is 0.351 e. The lowest BCUT2D eigenvalue weighted by molar-refractivity contribution is -0.0519. The molecule has 0 radical (unpaired) electrons. The molecule has 1 saturated heterocycles. The summed E-state index contributed by atoms with van der Waals surface area (Å²) in [4.78, 5) is 15.0. The Morgan fingerprint density at radius 1 is 1.67 bits per heavy atom. The van der Waals surface area contributed by atoms with Gasteiger partial charge in [-0.3, -0.25) is 4.57 Å². The Morgan fingerprint density at radius 2 is 2.33 bits per heavy atom. The van der Waals surface area contributed by atoms with Gasteiger partial charge in [0, 0.05) is 7.11 Å². The Hall–Kier alpha value is -1.51. The van der Waals surface area contributed by atoms with Gasteiger partial charge < -0.3 is 20.3 Å². The van der Waals surface area contributed by atoms with E-state index in [1.54, 1.807) is 6.92 Å². The van der Waals surface area contributed by atoms with Crippen molar-refractivity contribution < 1.29 is 19.0 Å². The molecule has 4 atom stereocenters. The summed E-state index contributed by atoms with van der Waals surface area (Å²) in [5, 5.41) is 9.80. The average Bonchev–Trinajstić information content (AvgIpc) is 2.60. The van der Waals surface area contributed by atoms with Crippen molar-refractivity contribution in [2.24, 2.45) is 0 Å². The molecule has 0 bridgehead atoms. The SMILES string of the molecule is CO[C@@H]1[C@H](O)[C@@H](C)O[C@H]1n1cc(F)c(N)nc1=O. The molecule has 0 amide bonds. The number of rotatable bonds is 2. The summed E-state index contributed by atoms with van der Waals surface area (Å²) in [5.41, 5.74) is 4.43. The highest BCUT2D eigenvalue weighted by Gasteiger charge is 2.43. The predicted octanol–water partition coefficient (Wildman–Crippen LogP) is -0.742. The quantitative estimate of drug-likeness (QED) is 0.725. The van der Waals surface area contributed by atoms with Crippen molar-refractivity contribution in [3.63, 3.8) is 0 Å². The fourth-order valence-corrected chi connectivity index (χ4v) is 1.93. The van der Waals surface area contributed by atoms with Crippen LogP contribution in [-0.4, -0.2) is 40.1 Å². The molecule has 1 aliphatic heterocycles. The third-order valence-corrected chi connectivity index (χ3v) is 2.93. The second-order valence-corrected chi connectivity index (χ2v) is 4.09. The Bertz CT molecular complexity index is 506. The zero-order chi connectivity index (χ0) is 13.4. The summed E-state index contributed by atoms with van der Waals surface area (Å²) in [6, 6.07) is 0. The van der Waals surface area contributed by atoms with Crippen molar-refractivity contribution in [3.05, 3.63) is 22.5 Å². The fourth-order valence-electron chi connectivity index (χ4n) is 1.93. The number of hydrogen-bond acceptors (Lipinski definition) is 6. The van der Waals surface area contributed by atoms with Crippen molar-refractivity contribution in [2.45, 2.75) is 31.5 Å². The number of nitrogen functional groups attached to an aromatic ring is 1. The highest BCUT2D eigenvalue weighted by Crippen LogP contribution is 2.30. The molecule has 1 fully saturated rings. The summed E-state index contributed by atoms with van der Waals surface area (Å²) < 4.78 is 24.7. The average molecular weight is 259 g/mol. The Kier molecular flexibility index (Phi) is 3.33. The van der Waals surface area contributed by atoms with E-state index < -0.39 is 41.9 Å². The van der Waals surface area contributed by atoms with Crippen molar-refractivity contribution >= 4 is 5.82 Å². The Balaban J connectivity index is 2.43. The molecule has 2 heterocycles. The first-order chi connectivity index (χ1) is 8.45. The van der Waals surface area contributed by atoms with Crippen LogP contribution in [0.4, 0.5) is 10.2 Å². The van der Waals surface area contributed by atoms with Crippen molar-refractivity contribution in [2.75, 3.05) is 12.8 Å². The van der Waals surface area contributed by atoms with E-state index in [9.17, 15) is 14.3 Å². The van der Waals surface area contributed by atoms with E-state index in [-0.39, 0.29) is 0 Å². The minimum atomic E-state index is -0.935. The van der Waals surface area contributed by atoms with Crippen LogP contribution in [0.3, 0.4) is 0 Å². The molecule has 1 aromatic heterocycles. The Morgan fingerprint density at radius 3 is 2.94 bits per heavy atom. The van der Waals surface area contributed by atoms with Crippen LogP contribution in [0, 0.1) is 5.82 Å². The van der Waals surface area contributed by atoms with E-state index >= 15 is 0 Å². The van der Waals surface area contributed by atoms with Crippen LogP contribution in [0.2, 0.25) is 0 Å². The van der Waals surface area contributed by atoms with Gasteiger partial charge in [-0.05, 0) is 6.92 Å². The van der Waals surface area contributed by atoms with Crippen LogP contribution in [0.1, 0.15) is 13.2 Å². The number of methoxy groups -OCH3 is 1. The first-order valence-corrected chi connectivity index (χ1v) is 5.36. The molecule has 0 aromatic carbocycles. The van der Waals surface area contributed by atoms with Crippen LogP contribution in [0.15, 0.2) is 11.0 Å². The van der Waals surface area contributed by atoms with Gasteiger partial charge in [-0.25, -0.2) is 9.18 Å². The van der Waals surface area contributed by atoms with E-state index in [1.807, 2.05) is 0 Å². The molecule has 7 nitrogen and oxygen atoms in total. The summed E-state index contributed by atoms with van der Waals surface area (Å²) in [5.74, 6) is -1.31. The molecule has 8 heteroatoms. The molecule has 3 N–H and O–H groups in total. The monoisotopic (exact) mass is 259 g/mol. The van der Waals surface area contributed by atoms with Gasteiger partial charge in [-0.1, -0.05) is 0 Å². The number of ether oxygens (including phenoxy) is 2. The molecule has 0 saturated carbocycles. The number of aliphatic hydroxyl groups is 1. The number of nitrogens with zero attached hydrogens (tertiary/aromatic N) is 2. The summed E-state index contributed by atoms with van der Waals surface area (Å²) in [6.07, 6.45) is -2.26. The molecular formula is C10H14FN3O4. The maximum atomic E-state index is 13.3. The number of nitrogens with two attached hydrogens (primary N) is 1. The summed E-state index contributed by atoms with van der Waals surface area (Å²) >= 11 is 0.